The molecule has 0 aliphatic rings. The molecule has 0 aliphatic carbocycles. The molecule has 0 heterocycles. The molecule has 2 rings (SSSR count). The summed E-state index contributed by atoms with van der Waals surface area (Å²) in [6.07, 6.45) is 0. The van der Waals surface area contributed by atoms with Crippen LogP contribution in [0, 0.1) is 0 Å². The summed E-state index contributed by atoms with van der Waals surface area (Å²) in [5.41, 5.74) is -1.08. The third-order valence-electron chi connectivity index (χ3n) is 5.13. The van der Waals surface area contributed by atoms with Gasteiger partial charge in [-0.15, -0.1) is 0 Å². The van der Waals surface area contributed by atoms with Crippen molar-refractivity contribution in [2.45, 2.75) is 39.0 Å². The van der Waals surface area contributed by atoms with E-state index < -0.39 is 5.72 Å². The van der Waals surface area contributed by atoms with Crippen molar-refractivity contribution in [1.82, 2.24) is 0 Å². The van der Waals surface area contributed by atoms with Gasteiger partial charge >= 0.3 is 0 Å². The Morgan fingerprint density at radius 2 is 1.55 bits per heavy atom. The number of rotatable bonds is 4. The Balaban J connectivity index is 2.25. The fourth-order valence-corrected chi connectivity index (χ4v) is 2.42. The van der Waals surface area contributed by atoms with Gasteiger partial charge in [0.1, 0.15) is 5.75 Å². The molecule has 2 aromatic carbocycles. The first-order valence-electron chi connectivity index (χ1n) is 7.73. The lowest BCUT2D eigenvalue weighted by Crippen LogP contribution is -2.68. The van der Waals surface area contributed by atoms with Crippen molar-refractivity contribution in [2.75, 3.05) is 20.7 Å². The van der Waals surface area contributed by atoms with Crippen LogP contribution in [0.2, 0.25) is 0 Å². The van der Waals surface area contributed by atoms with Gasteiger partial charge in [-0.3, -0.25) is 4.48 Å². The molecule has 3 nitrogen and oxygen atoms in total. The minimum Gasteiger partial charge on any atom is -0.484 e. The van der Waals surface area contributed by atoms with E-state index in [1.54, 1.807) is 0 Å². The minimum atomic E-state index is -0.991. The van der Waals surface area contributed by atoms with Gasteiger partial charge in [-0.1, -0.05) is 36.4 Å². The van der Waals surface area contributed by atoms with Crippen LogP contribution in [0.1, 0.15) is 27.7 Å². The molecule has 0 saturated heterocycles. The number of benzene rings is 2. The summed E-state index contributed by atoms with van der Waals surface area (Å²) >= 11 is 0. The molecule has 0 bridgehead atoms. The third-order valence-corrected chi connectivity index (χ3v) is 5.13. The monoisotopic (exact) mass is 302 g/mol. The molecule has 0 aliphatic heterocycles. The molecule has 1 unspecified atom stereocenters. The number of nitrogens with zero attached hydrogens (tertiary/aromatic N) is 1. The fourth-order valence-electron chi connectivity index (χ4n) is 2.42. The summed E-state index contributed by atoms with van der Waals surface area (Å²) in [6, 6.07) is 14.1. The largest absolute Gasteiger partial charge is 0.484 e. The fraction of sp³-hybridized carbons (Fsp3) is 0.474. The molecule has 0 spiro atoms. The normalized spacial score (nSPS) is 15.6. The SMILES string of the molecule is CC(C)(C)[N+](C)(C)C(C)(O)COc1cccc2ccccc12. The summed E-state index contributed by atoms with van der Waals surface area (Å²) in [5.74, 6) is 0.812. The third kappa shape index (κ3) is 2.96. The lowest BCUT2D eigenvalue weighted by atomic mass is 9.98. The predicted molar refractivity (Wildman–Crippen MR) is 91.9 cm³/mol. The van der Waals surface area contributed by atoms with Crippen LogP contribution in [-0.4, -0.2) is 41.6 Å². The van der Waals surface area contributed by atoms with Gasteiger partial charge in [0.15, 0.2) is 6.61 Å². The number of hydrogen-bond donors (Lipinski definition) is 1. The zero-order valence-corrected chi connectivity index (χ0v) is 14.6. The average Bonchev–Trinajstić information content (AvgIpc) is 2.43. The van der Waals surface area contributed by atoms with Crippen molar-refractivity contribution in [1.29, 1.82) is 0 Å². The van der Waals surface area contributed by atoms with Crippen LogP contribution >= 0.6 is 0 Å². The second-order valence-corrected chi connectivity index (χ2v) is 7.61. The predicted octanol–water partition coefficient (Wildman–Crippen LogP) is 3.80. The van der Waals surface area contributed by atoms with E-state index in [0.29, 0.717) is 4.48 Å². The highest BCUT2D eigenvalue weighted by molar-refractivity contribution is 5.88. The topological polar surface area (TPSA) is 29.5 Å². The molecule has 0 amide bonds. The molecule has 0 saturated carbocycles. The lowest BCUT2D eigenvalue weighted by Gasteiger charge is -2.51. The molecule has 1 atom stereocenters. The van der Waals surface area contributed by atoms with E-state index in [9.17, 15) is 5.11 Å². The maximum atomic E-state index is 11.0. The molecule has 22 heavy (non-hydrogen) atoms. The van der Waals surface area contributed by atoms with E-state index in [-0.39, 0.29) is 12.1 Å². The Morgan fingerprint density at radius 1 is 0.955 bits per heavy atom. The first-order chi connectivity index (χ1) is 10.1. The summed E-state index contributed by atoms with van der Waals surface area (Å²) in [4.78, 5) is 0. The molecule has 0 aromatic heterocycles. The van der Waals surface area contributed by atoms with E-state index in [0.717, 1.165) is 16.5 Å². The molecule has 0 radical (unpaired) electrons. The first kappa shape index (κ1) is 16.8. The first-order valence-corrected chi connectivity index (χ1v) is 7.73. The molecule has 2 aromatic rings. The van der Waals surface area contributed by atoms with Crippen LogP contribution < -0.4 is 4.74 Å². The van der Waals surface area contributed by atoms with Crippen molar-refractivity contribution >= 4 is 10.8 Å². The summed E-state index contributed by atoms with van der Waals surface area (Å²) in [7, 11) is 4.07. The van der Waals surface area contributed by atoms with Gasteiger partial charge < -0.3 is 9.84 Å². The summed E-state index contributed by atoms with van der Waals surface area (Å²) < 4.78 is 6.45. The van der Waals surface area contributed by atoms with E-state index >= 15 is 0 Å². The lowest BCUT2D eigenvalue weighted by molar-refractivity contribution is -1.00. The van der Waals surface area contributed by atoms with Crippen molar-refractivity contribution in [3.8, 4) is 5.75 Å². The van der Waals surface area contributed by atoms with Crippen LogP contribution in [0.4, 0.5) is 0 Å². The van der Waals surface area contributed by atoms with Gasteiger partial charge in [0, 0.05) is 12.3 Å². The molecular formula is C19H28NO2+. The Kier molecular flexibility index (Phi) is 4.24. The Labute approximate surface area is 133 Å². The van der Waals surface area contributed by atoms with Crippen molar-refractivity contribution in [3.05, 3.63) is 42.5 Å². The van der Waals surface area contributed by atoms with Gasteiger partial charge in [-0.05, 0) is 32.2 Å². The van der Waals surface area contributed by atoms with E-state index in [1.165, 1.54) is 0 Å². The Hall–Kier alpha value is -1.58. The van der Waals surface area contributed by atoms with Gasteiger partial charge in [-0.25, -0.2) is 0 Å². The molecule has 3 heteroatoms. The quantitative estimate of drug-likeness (QED) is 0.687. The second kappa shape index (κ2) is 5.56. The number of aliphatic hydroxyl groups is 1. The van der Waals surface area contributed by atoms with Gasteiger partial charge in [0.2, 0.25) is 5.72 Å². The van der Waals surface area contributed by atoms with Crippen LogP contribution in [0.5, 0.6) is 5.75 Å². The zero-order valence-electron chi connectivity index (χ0n) is 14.6. The molecule has 120 valence electrons. The highest BCUT2D eigenvalue weighted by Gasteiger charge is 2.48. The number of likely N-dealkylation sites (N-methyl/N-ethyl adjacent to an activating group) is 1. The summed E-state index contributed by atoms with van der Waals surface area (Å²) in [6.45, 7) is 8.45. The number of quaternary nitrogens is 1. The Bertz CT molecular complexity index is 649. The highest BCUT2D eigenvalue weighted by Crippen LogP contribution is 2.31. The smallest absolute Gasteiger partial charge is 0.232 e. The average molecular weight is 302 g/mol. The number of fused-ring (bicyclic) bond motifs is 1. The number of ether oxygens (including phenoxy) is 1. The second-order valence-electron chi connectivity index (χ2n) is 7.61. The van der Waals surface area contributed by atoms with Gasteiger partial charge in [-0.2, -0.15) is 0 Å². The van der Waals surface area contributed by atoms with E-state index in [4.69, 9.17) is 4.74 Å². The van der Waals surface area contributed by atoms with E-state index in [1.807, 2.05) is 51.4 Å². The van der Waals surface area contributed by atoms with Gasteiger partial charge in [0.05, 0.1) is 19.6 Å². The van der Waals surface area contributed by atoms with E-state index in [2.05, 4.69) is 32.9 Å². The maximum Gasteiger partial charge on any atom is 0.232 e. The van der Waals surface area contributed by atoms with Crippen LogP contribution in [0.15, 0.2) is 42.5 Å². The van der Waals surface area contributed by atoms with Gasteiger partial charge in [0.25, 0.3) is 0 Å². The van der Waals surface area contributed by atoms with Crippen LogP contribution in [0.3, 0.4) is 0 Å². The van der Waals surface area contributed by atoms with Crippen molar-refractivity contribution in [3.63, 3.8) is 0 Å². The van der Waals surface area contributed by atoms with Crippen LogP contribution in [-0.2, 0) is 0 Å². The molecular weight excluding hydrogens is 274 g/mol. The minimum absolute atomic E-state index is 0.0917. The van der Waals surface area contributed by atoms with Crippen LogP contribution in [0.25, 0.3) is 10.8 Å². The standard InChI is InChI=1S/C19H28NO2/c1-18(2,3)20(5,6)19(4,21)14-22-17-13-9-11-15-10-7-8-12-16(15)17/h7-13,21H,14H2,1-6H3/q+1. The van der Waals surface area contributed by atoms with Crippen molar-refractivity contribution in [2.24, 2.45) is 0 Å². The maximum absolute atomic E-state index is 11.0. The van der Waals surface area contributed by atoms with Crippen molar-refractivity contribution < 1.29 is 14.3 Å². The zero-order chi connectivity index (χ0) is 16.6. The molecule has 0 fully saturated rings. The Morgan fingerprint density at radius 3 is 2.18 bits per heavy atom. The highest BCUT2D eigenvalue weighted by atomic mass is 16.5. The molecule has 1 N–H and O–H groups in total. The summed E-state index contributed by atoms with van der Waals surface area (Å²) in [5, 5.41) is 13.2. The number of hydrogen-bond acceptors (Lipinski definition) is 2.